The zero-order valence-electron chi connectivity index (χ0n) is 18.8. The topological polar surface area (TPSA) is 114 Å². The molecule has 2 N–H and O–H groups in total. The number of ether oxygens (including phenoxy) is 3. The van der Waals surface area contributed by atoms with Crippen LogP contribution < -0.4 is 5.32 Å². The Morgan fingerprint density at radius 3 is 2.47 bits per heavy atom. The zero-order chi connectivity index (χ0) is 23.1. The van der Waals surface area contributed by atoms with Gasteiger partial charge in [0.15, 0.2) is 0 Å². The summed E-state index contributed by atoms with van der Waals surface area (Å²) in [6.45, 7) is 12.3. The van der Waals surface area contributed by atoms with Crippen LogP contribution in [-0.2, 0) is 23.8 Å². The fraction of sp³-hybridized carbons (Fsp3) is 0.762. The molecule has 2 amide bonds. The number of methoxy groups -OCH3 is 1. The predicted molar refractivity (Wildman–Crippen MR) is 111 cm³/mol. The summed E-state index contributed by atoms with van der Waals surface area (Å²) >= 11 is 0. The van der Waals surface area contributed by atoms with E-state index in [2.05, 4.69) is 11.9 Å². The van der Waals surface area contributed by atoms with Crippen molar-refractivity contribution in [2.45, 2.75) is 89.9 Å². The standard InChI is InChI=1S/C21H36N2O7/c1-8-9-10-13(2)29-14(3)17(22-20(27)30-21(4,5)6)18(25)23-12-15(24)11-16(23)19(26)28-7/h8,13-17,24H,1,9-12H2,2-7H3,(H,22,27)/t13-,14+,15-,16+,17+/m1/s1. The third-order valence-corrected chi connectivity index (χ3v) is 4.67. The summed E-state index contributed by atoms with van der Waals surface area (Å²) in [5, 5.41) is 12.6. The average molecular weight is 429 g/mol. The lowest BCUT2D eigenvalue weighted by atomic mass is 10.1. The molecule has 0 aromatic heterocycles. The van der Waals surface area contributed by atoms with Crippen LogP contribution in [0.3, 0.4) is 0 Å². The molecule has 0 aromatic rings. The number of amides is 2. The van der Waals surface area contributed by atoms with E-state index in [0.29, 0.717) is 6.42 Å². The molecule has 1 rings (SSSR count). The molecule has 9 nitrogen and oxygen atoms in total. The number of carbonyl (C=O) groups excluding carboxylic acids is 3. The number of likely N-dealkylation sites (tertiary alicyclic amines) is 1. The molecular weight excluding hydrogens is 392 g/mol. The molecule has 0 unspecified atom stereocenters. The molecule has 0 aliphatic carbocycles. The second kappa shape index (κ2) is 11.3. The average Bonchev–Trinajstić information content (AvgIpc) is 3.03. The van der Waals surface area contributed by atoms with Gasteiger partial charge in [-0.2, -0.15) is 0 Å². The molecule has 5 atom stereocenters. The molecule has 0 radical (unpaired) electrons. The number of β-amino-alcohol motifs (C(OH)–C–C–N with tert-alkyl or cyclic N) is 1. The van der Waals surface area contributed by atoms with Crippen molar-refractivity contribution >= 4 is 18.0 Å². The summed E-state index contributed by atoms with van der Waals surface area (Å²) in [5.74, 6) is -1.17. The monoisotopic (exact) mass is 428 g/mol. The van der Waals surface area contributed by atoms with Crippen LogP contribution in [0.1, 0.15) is 53.9 Å². The Hall–Kier alpha value is -2.13. The Kier molecular flexibility index (Phi) is 9.77. The molecule has 1 aliphatic rings. The van der Waals surface area contributed by atoms with Gasteiger partial charge in [-0.15, -0.1) is 6.58 Å². The van der Waals surface area contributed by atoms with E-state index in [-0.39, 0.29) is 19.1 Å². The number of aliphatic hydroxyl groups excluding tert-OH is 1. The van der Waals surface area contributed by atoms with E-state index >= 15 is 0 Å². The first-order valence-corrected chi connectivity index (χ1v) is 10.2. The molecular formula is C21H36N2O7. The first-order chi connectivity index (χ1) is 13.9. The van der Waals surface area contributed by atoms with Crippen LogP contribution in [0.5, 0.6) is 0 Å². The van der Waals surface area contributed by atoms with Crippen LogP contribution in [-0.4, -0.2) is 77.6 Å². The largest absolute Gasteiger partial charge is 0.467 e. The van der Waals surface area contributed by atoms with Gasteiger partial charge in [0.25, 0.3) is 0 Å². The quantitative estimate of drug-likeness (QED) is 0.425. The van der Waals surface area contributed by atoms with Gasteiger partial charge < -0.3 is 29.5 Å². The van der Waals surface area contributed by atoms with E-state index in [1.165, 1.54) is 12.0 Å². The minimum absolute atomic E-state index is 0.0379. The highest BCUT2D eigenvalue weighted by Gasteiger charge is 2.44. The van der Waals surface area contributed by atoms with Gasteiger partial charge in [0.05, 0.1) is 25.4 Å². The maximum atomic E-state index is 13.3. The highest BCUT2D eigenvalue weighted by Crippen LogP contribution is 2.22. The number of aliphatic hydroxyl groups is 1. The molecule has 1 fully saturated rings. The Morgan fingerprint density at radius 1 is 1.30 bits per heavy atom. The maximum Gasteiger partial charge on any atom is 0.408 e. The third-order valence-electron chi connectivity index (χ3n) is 4.67. The van der Waals surface area contributed by atoms with Crippen molar-refractivity contribution < 1.29 is 33.7 Å². The lowest BCUT2D eigenvalue weighted by Gasteiger charge is -2.32. The van der Waals surface area contributed by atoms with Crippen LogP contribution in [0.2, 0.25) is 0 Å². The molecule has 30 heavy (non-hydrogen) atoms. The van der Waals surface area contributed by atoms with Crippen LogP contribution in [0, 0.1) is 0 Å². The normalized spacial score (nSPS) is 22.0. The molecule has 1 aliphatic heterocycles. The Balaban J connectivity index is 3.05. The van der Waals surface area contributed by atoms with Crippen molar-refractivity contribution in [1.82, 2.24) is 10.2 Å². The molecule has 172 valence electrons. The lowest BCUT2D eigenvalue weighted by molar-refractivity contribution is -0.153. The molecule has 9 heteroatoms. The maximum absolute atomic E-state index is 13.3. The van der Waals surface area contributed by atoms with Crippen LogP contribution in [0.25, 0.3) is 0 Å². The van der Waals surface area contributed by atoms with Crippen molar-refractivity contribution in [3.05, 3.63) is 12.7 Å². The van der Waals surface area contributed by atoms with Crippen LogP contribution in [0.15, 0.2) is 12.7 Å². The molecule has 0 aromatic carbocycles. The molecule has 0 spiro atoms. The Bertz CT molecular complexity index is 617. The minimum Gasteiger partial charge on any atom is -0.467 e. The minimum atomic E-state index is -1.11. The second-order valence-electron chi connectivity index (χ2n) is 8.56. The van der Waals surface area contributed by atoms with E-state index in [4.69, 9.17) is 14.2 Å². The summed E-state index contributed by atoms with van der Waals surface area (Å²) in [4.78, 5) is 39.0. The summed E-state index contributed by atoms with van der Waals surface area (Å²) in [6.07, 6.45) is 0.771. The van der Waals surface area contributed by atoms with E-state index in [1.807, 2.05) is 6.92 Å². The first-order valence-electron chi connectivity index (χ1n) is 10.2. The predicted octanol–water partition coefficient (Wildman–Crippen LogP) is 1.77. The zero-order valence-corrected chi connectivity index (χ0v) is 18.8. The first kappa shape index (κ1) is 25.9. The number of carbonyl (C=O) groups is 3. The molecule has 0 bridgehead atoms. The van der Waals surface area contributed by atoms with Crippen LogP contribution >= 0.6 is 0 Å². The van der Waals surface area contributed by atoms with Gasteiger partial charge in [-0.3, -0.25) is 4.79 Å². The number of hydrogen-bond donors (Lipinski definition) is 2. The van der Waals surface area contributed by atoms with Crippen molar-refractivity contribution in [3.63, 3.8) is 0 Å². The number of nitrogens with zero attached hydrogens (tertiary/aromatic N) is 1. The number of esters is 1. The van der Waals surface area contributed by atoms with E-state index in [0.717, 1.165) is 6.42 Å². The summed E-state index contributed by atoms with van der Waals surface area (Å²) in [6, 6.07) is -2.03. The summed E-state index contributed by atoms with van der Waals surface area (Å²) in [5.41, 5.74) is -0.753. The Morgan fingerprint density at radius 2 is 1.93 bits per heavy atom. The van der Waals surface area contributed by atoms with Crippen molar-refractivity contribution in [3.8, 4) is 0 Å². The van der Waals surface area contributed by atoms with E-state index in [1.54, 1.807) is 33.8 Å². The van der Waals surface area contributed by atoms with Crippen molar-refractivity contribution in [1.29, 1.82) is 0 Å². The van der Waals surface area contributed by atoms with Gasteiger partial charge >= 0.3 is 12.1 Å². The number of allylic oxidation sites excluding steroid dienone is 1. The SMILES string of the molecule is C=CCC[C@@H](C)O[C@@H](C)[C@H](NC(=O)OC(C)(C)C)C(=O)N1C[C@H](O)C[C@H]1C(=O)OC. The Labute approximate surface area is 178 Å². The van der Waals surface area contributed by atoms with Gasteiger partial charge in [-0.05, 0) is 47.5 Å². The van der Waals surface area contributed by atoms with Crippen molar-refractivity contribution in [2.75, 3.05) is 13.7 Å². The van der Waals surface area contributed by atoms with Gasteiger partial charge in [0, 0.05) is 13.0 Å². The second-order valence-corrected chi connectivity index (χ2v) is 8.56. The molecule has 1 saturated heterocycles. The number of alkyl carbamates (subject to hydrolysis) is 1. The lowest BCUT2D eigenvalue weighted by Crippen LogP contribution is -2.57. The highest BCUT2D eigenvalue weighted by atomic mass is 16.6. The number of hydrogen-bond acceptors (Lipinski definition) is 7. The summed E-state index contributed by atoms with van der Waals surface area (Å²) < 4.78 is 16.0. The van der Waals surface area contributed by atoms with Gasteiger partial charge in [0.1, 0.15) is 17.7 Å². The molecule has 1 heterocycles. The number of nitrogens with one attached hydrogen (secondary N) is 1. The van der Waals surface area contributed by atoms with E-state index < -0.39 is 47.9 Å². The van der Waals surface area contributed by atoms with Crippen LogP contribution in [0.4, 0.5) is 4.79 Å². The van der Waals surface area contributed by atoms with Gasteiger partial charge in [-0.25, -0.2) is 9.59 Å². The van der Waals surface area contributed by atoms with Gasteiger partial charge in [0.2, 0.25) is 5.91 Å². The fourth-order valence-electron chi connectivity index (χ4n) is 3.28. The summed E-state index contributed by atoms with van der Waals surface area (Å²) in [7, 11) is 1.22. The highest BCUT2D eigenvalue weighted by molar-refractivity contribution is 5.90. The van der Waals surface area contributed by atoms with Crippen molar-refractivity contribution in [2.24, 2.45) is 0 Å². The third kappa shape index (κ3) is 7.95. The smallest absolute Gasteiger partial charge is 0.408 e. The van der Waals surface area contributed by atoms with Gasteiger partial charge in [-0.1, -0.05) is 6.08 Å². The fourth-order valence-corrected chi connectivity index (χ4v) is 3.28. The van der Waals surface area contributed by atoms with E-state index in [9.17, 15) is 19.5 Å². The number of rotatable bonds is 9. The molecule has 0 saturated carbocycles.